The highest BCUT2D eigenvalue weighted by Gasteiger charge is 2.47. The molecule has 1 saturated heterocycles. The van der Waals surface area contributed by atoms with Gasteiger partial charge in [-0.1, -0.05) is 30.4 Å². The molecule has 1 aliphatic heterocycles. The van der Waals surface area contributed by atoms with E-state index in [0.717, 1.165) is 55.8 Å². The van der Waals surface area contributed by atoms with Crippen molar-refractivity contribution >= 4 is 33.0 Å². The van der Waals surface area contributed by atoms with Gasteiger partial charge in [0.05, 0.1) is 10.2 Å². The van der Waals surface area contributed by atoms with E-state index in [9.17, 15) is 4.79 Å². The molecule has 152 valence electrons. The number of carbonyl (C=O) groups is 1. The van der Waals surface area contributed by atoms with Crippen LogP contribution in [0.15, 0.2) is 42.7 Å². The third-order valence-electron chi connectivity index (χ3n) is 5.90. The Kier molecular flexibility index (Phi) is 5.92. The zero-order chi connectivity index (χ0) is 20.3. The van der Waals surface area contributed by atoms with Crippen LogP contribution in [0.1, 0.15) is 30.9 Å². The van der Waals surface area contributed by atoms with Gasteiger partial charge in [0.25, 0.3) is 0 Å². The van der Waals surface area contributed by atoms with E-state index in [0.29, 0.717) is 11.3 Å². The molecule has 0 bridgehead atoms. The predicted molar refractivity (Wildman–Crippen MR) is 119 cm³/mol. The Bertz CT molecular complexity index is 959. The number of carbonyl (C=O) groups excluding carboxylic acids is 1. The summed E-state index contributed by atoms with van der Waals surface area (Å²) in [6, 6.07) is 10.6. The van der Waals surface area contributed by atoms with Crippen LogP contribution >= 0.6 is 11.3 Å². The summed E-state index contributed by atoms with van der Waals surface area (Å²) in [6.07, 6.45) is 8.15. The van der Waals surface area contributed by atoms with Gasteiger partial charge in [-0.2, -0.15) is 0 Å². The molecule has 1 saturated carbocycles. The number of hydrogen-bond acceptors (Lipinski definition) is 6. The van der Waals surface area contributed by atoms with Crippen molar-refractivity contribution in [2.45, 2.75) is 32.7 Å². The fraction of sp³-hybridized carbons (Fsp3) is 0.435. The number of aryl methyl sites for hydroxylation is 1. The third kappa shape index (κ3) is 4.49. The minimum Gasteiger partial charge on any atom is -0.347 e. The maximum absolute atomic E-state index is 10.2. The molecule has 0 radical (unpaired) electrons. The number of rotatable bonds is 5. The average Bonchev–Trinajstić information content (AvgIpc) is 3.11. The minimum absolute atomic E-state index is 0.395. The summed E-state index contributed by atoms with van der Waals surface area (Å²) in [5.41, 5.74) is 4.22. The summed E-state index contributed by atoms with van der Waals surface area (Å²) in [5, 5.41) is 4.29. The summed E-state index contributed by atoms with van der Waals surface area (Å²) < 4.78 is 1.26. The van der Waals surface area contributed by atoms with Crippen molar-refractivity contribution in [2.24, 2.45) is 11.3 Å². The molecule has 1 aromatic carbocycles. The molecule has 6 heteroatoms. The van der Waals surface area contributed by atoms with Gasteiger partial charge in [0.2, 0.25) is 0 Å². The molecule has 2 fully saturated rings. The lowest BCUT2D eigenvalue weighted by atomic mass is 9.59. The van der Waals surface area contributed by atoms with E-state index in [2.05, 4.69) is 53.4 Å². The van der Waals surface area contributed by atoms with Crippen LogP contribution in [0.3, 0.4) is 0 Å². The maximum Gasteiger partial charge on any atom is 0.186 e. The molecule has 5 nitrogen and oxygen atoms in total. The molecular weight excluding hydrogens is 380 g/mol. The van der Waals surface area contributed by atoms with E-state index in [-0.39, 0.29) is 0 Å². The van der Waals surface area contributed by atoms with Gasteiger partial charge in [0.1, 0.15) is 6.29 Å². The van der Waals surface area contributed by atoms with Gasteiger partial charge >= 0.3 is 0 Å². The highest BCUT2D eigenvalue weighted by molar-refractivity contribution is 7.22. The molecule has 2 aliphatic rings. The monoisotopic (exact) mass is 408 g/mol. The number of fused-ring (bicyclic) bond motifs is 1. The topological polar surface area (TPSA) is 58.1 Å². The van der Waals surface area contributed by atoms with Crippen molar-refractivity contribution in [3.8, 4) is 0 Å². The fourth-order valence-electron chi connectivity index (χ4n) is 4.09. The van der Waals surface area contributed by atoms with Crippen molar-refractivity contribution in [1.29, 1.82) is 0 Å². The molecule has 0 unspecified atom stereocenters. The summed E-state index contributed by atoms with van der Waals surface area (Å²) in [6.45, 7) is 5.31. The standard InChI is InChI=1S/C16H17N3S.C7H11NO/c1-3-12-6-7-14-15(9-12)20-16(18-14)19(2)11-13-5-4-8-17-10-13;9-3-6-1-7(2-6)4-8-5-7/h4-10H,3,11H2,1-2H3;3,6,8H,1-2,4-5H2. The van der Waals surface area contributed by atoms with Crippen molar-refractivity contribution < 1.29 is 4.79 Å². The summed E-state index contributed by atoms with van der Waals surface area (Å²) in [7, 11) is 2.07. The molecule has 0 amide bonds. The summed E-state index contributed by atoms with van der Waals surface area (Å²) >= 11 is 1.75. The SMILES string of the molecule is CCc1ccc2nc(N(C)Cc3cccnc3)sc2c1.O=CC1CC2(CNC2)C1. The predicted octanol–water partition coefficient (Wildman–Crippen LogP) is 4.08. The van der Waals surface area contributed by atoms with E-state index in [1.807, 2.05) is 12.3 Å². The van der Waals surface area contributed by atoms with Gasteiger partial charge in [-0.15, -0.1) is 0 Å². The van der Waals surface area contributed by atoms with Crippen LogP contribution in [-0.4, -0.2) is 36.4 Å². The van der Waals surface area contributed by atoms with Gasteiger partial charge in [0.15, 0.2) is 5.13 Å². The number of anilines is 1. The number of aldehydes is 1. The van der Waals surface area contributed by atoms with Gasteiger partial charge in [-0.3, -0.25) is 4.98 Å². The minimum atomic E-state index is 0.395. The molecule has 2 aromatic heterocycles. The van der Waals surface area contributed by atoms with Crippen molar-refractivity contribution in [2.75, 3.05) is 25.0 Å². The number of thiazole rings is 1. The van der Waals surface area contributed by atoms with Gasteiger partial charge < -0.3 is 15.0 Å². The average molecular weight is 409 g/mol. The number of benzene rings is 1. The van der Waals surface area contributed by atoms with E-state index >= 15 is 0 Å². The Morgan fingerprint density at radius 2 is 2.10 bits per heavy atom. The highest BCUT2D eigenvalue weighted by atomic mass is 32.1. The normalized spacial score (nSPS) is 17.2. The van der Waals surface area contributed by atoms with Crippen LogP contribution in [0.4, 0.5) is 5.13 Å². The Balaban J connectivity index is 0.000000188. The fourth-order valence-corrected chi connectivity index (χ4v) is 5.08. The molecule has 1 N–H and O–H groups in total. The summed E-state index contributed by atoms with van der Waals surface area (Å²) in [4.78, 5) is 21.2. The lowest BCUT2D eigenvalue weighted by Crippen LogP contribution is -2.60. The molecular formula is C23H28N4OS. The first-order chi connectivity index (χ1) is 14.1. The number of aromatic nitrogens is 2. The second kappa shape index (κ2) is 8.59. The number of nitrogens with one attached hydrogen (secondary N) is 1. The molecule has 3 aromatic rings. The van der Waals surface area contributed by atoms with Gasteiger partial charge in [-0.25, -0.2) is 4.98 Å². The van der Waals surface area contributed by atoms with Crippen molar-refractivity contribution in [3.63, 3.8) is 0 Å². The van der Waals surface area contributed by atoms with E-state index in [4.69, 9.17) is 4.98 Å². The quantitative estimate of drug-likeness (QED) is 0.645. The molecule has 0 atom stereocenters. The molecule has 5 rings (SSSR count). The zero-order valence-electron chi connectivity index (χ0n) is 17.1. The van der Waals surface area contributed by atoms with Gasteiger partial charge in [0, 0.05) is 45.0 Å². The Labute approximate surface area is 176 Å². The number of nitrogens with zero attached hydrogens (tertiary/aromatic N) is 3. The first kappa shape index (κ1) is 20.0. The number of hydrogen-bond donors (Lipinski definition) is 1. The van der Waals surface area contributed by atoms with Crippen LogP contribution in [0.2, 0.25) is 0 Å². The Hall–Kier alpha value is -2.31. The third-order valence-corrected chi connectivity index (χ3v) is 7.03. The Morgan fingerprint density at radius 1 is 1.28 bits per heavy atom. The molecule has 29 heavy (non-hydrogen) atoms. The smallest absolute Gasteiger partial charge is 0.186 e. The van der Waals surface area contributed by atoms with Crippen LogP contribution in [0, 0.1) is 11.3 Å². The lowest BCUT2D eigenvalue weighted by Gasteiger charge is -2.52. The zero-order valence-corrected chi connectivity index (χ0v) is 17.9. The van der Waals surface area contributed by atoms with Crippen molar-refractivity contribution in [3.05, 3.63) is 53.9 Å². The van der Waals surface area contributed by atoms with Crippen LogP contribution in [0.25, 0.3) is 10.2 Å². The van der Waals surface area contributed by atoms with Crippen LogP contribution in [0.5, 0.6) is 0 Å². The van der Waals surface area contributed by atoms with Crippen LogP contribution < -0.4 is 10.2 Å². The first-order valence-corrected chi connectivity index (χ1v) is 11.1. The highest BCUT2D eigenvalue weighted by Crippen LogP contribution is 2.47. The van der Waals surface area contributed by atoms with Crippen LogP contribution in [-0.2, 0) is 17.8 Å². The summed E-state index contributed by atoms with van der Waals surface area (Å²) in [5.74, 6) is 0.395. The van der Waals surface area contributed by atoms with E-state index in [1.165, 1.54) is 15.8 Å². The second-order valence-corrected chi connectivity index (χ2v) is 9.29. The van der Waals surface area contributed by atoms with E-state index < -0.39 is 0 Å². The lowest BCUT2D eigenvalue weighted by molar-refractivity contribution is -0.120. The van der Waals surface area contributed by atoms with E-state index in [1.54, 1.807) is 17.5 Å². The van der Waals surface area contributed by atoms with Crippen molar-refractivity contribution in [1.82, 2.24) is 15.3 Å². The Morgan fingerprint density at radius 3 is 2.72 bits per heavy atom. The number of pyridine rings is 1. The maximum atomic E-state index is 10.2. The molecule has 3 heterocycles. The molecule has 1 aliphatic carbocycles. The second-order valence-electron chi connectivity index (χ2n) is 8.28. The first-order valence-electron chi connectivity index (χ1n) is 10.3. The van der Waals surface area contributed by atoms with Gasteiger partial charge in [-0.05, 0) is 54.0 Å². The largest absolute Gasteiger partial charge is 0.347 e. The molecule has 1 spiro atoms.